The van der Waals surface area contributed by atoms with Crippen LogP contribution in [-0.2, 0) is 6.18 Å². The molecule has 0 saturated heterocycles. The van der Waals surface area contributed by atoms with Gasteiger partial charge < -0.3 is 5.32 Å². The quantitative estimate of drug-likeness (QED) is 0.885. The first-order valence-electron chi connectivity index (χ1n) is 5.54. The summed E-state index contributed by atoms with van der Waals surface area (Å²) in [6.45, 7) is 6.12. The van der Waals surface area contributed by atoms with Crippen molar-refractivity contribution in [2.45, 2.75) is 39.3 Å². The van der Waals surface area contributed by atoms with Crippen LogP contribution in [-0.4, -0.2) is 16.5 Å². The molecule has 0 fully saturated rings. The van der Waals surface area contributed by atoms with Crippen molar-refractivity contribution in [3.63, 3.8) is 0 Å². The molecule has 1 aromatic heterocycles. The van der Waals surface area contributed by atoms with E-state index in [-0.39, 0.29) is 11.7 Å². The molecule has 0 radical (unpaired) electrons. The highest BCUT2D eigenvalue weighted by molar-refractivity contribution is 5.37. The van der Waals surface area contributed by atoms with E-state index in [4.69, 9.17) is 0 Å². The Bertz CT molecular complexity index is 375. The third-order valence-corrected chi connectivity index (χ3v) is 2.15. The number of aromatic nitrogens is 2. The summed E-state index contributed by atoms with van der Waals surface area (Å²) in [6, 6.07) is 1.57. The number of alkyl halides is 3. The van der Waals surface area contributed by atoms with Gasteiger partial charge in [0.2, 0.25) is 5.82 Å². The number of hydrogen-bond donors (Lipinski definition) is 1. The molecule has 6 heteroatoms. The maximum absolute atomic E-state index is 12.6. The highest BCUT2D eigenvalue weighted by Gasteiger charge is 2.35. The largest absolute Gasteiger partial charge is 0.451 e. The molecule has 0 saturated carbocycles. The van der Waals surface area contributed by atoms with Crippen molar-refractivity contribution in [1.29, 1.82) is 0 Å². The molecule has 0 aliphatic heterocycles. The van der Waals surface area contributed by atoms with E-state index < -0.39 is 12.0 Å². The van der Waals surface area contributed by atoms with E-state index >= 15 is 0 Å². The average molecular weight is 247 g/mol. The first-order chi connectivity index (χ1) is 7.84. The third kappa shape index (κ3) is 3.87. The molecule has 1 rings (SSSR count). The van der Waals surface area contributed by atoms with Crippen molar-refractivity contribution in [2.24, 2.45) is 0 Å². The number of halogens is 3. The molecule has 0 aliphatic rings. The molecule has 0 atom stereocenters. The average Bonchev–Trinajstić information content (AvgIpc) is 2.24. The van der Waals surface area contributed by atoms with Gasteiger partial charge in [-0.1, -0.05) is 20.8 Å². The van der Waals surface area contributed by atoms with E-state index in [0.29, 0.717) is 12.2 Å². The monoisotopic (exact) mass is 247 g/mol. The zero-order chi connectivity index (χ0) is 13.1. The smallest absolute Gasteiger partial charge is 0.370 e. The van der Waals surface area contributed by atoms with Crippen LogP contribution in [0.4, 0.5) is 19.0 Å². The summed E-state index contributed by atoms with van der Waals surface area (Å²) < 4.78 is 37.7. The lowest BCUT2D eigenvalue weighted by molar-refractivity contribution is -0.145. The van der Waals surface area contributed by atoms with Crippen molar-refractivity contribution in [3.8, 4) is 0 Å². The minimum Gasteiger partial charge on any atom is -0.370 e. The zero-order valence-electron chi connectivity index (χ0n) is 10.1. The third-order valence-electron chi connectivity index (χ3n) is 2.15. The summed E-state index contributed by atoms with van der Waals surface area (Å²) >= 11 is 0. The summed E-state index contributed by atoms with van der Waals surface area (Å²) in [4.78, 5) is 7.01. The van der Waals surface area contributed by atoms with Gasteiger partial charge in [0, 0.05) is 18.3 Å². The van der Waals surface area contributed by atoms with E-state index in [2.05, 4.69) is 15.3 Å². The molecule has 17 heavy (non-hydrogen) atoms. The van der Waals surface area contributed by atoms with E-state index in [1.807, 2.05) is 6.92 Å². The van der Waals surface area contributed by atoms with Gasteiger partial charge in [-0.3, -0.25) is 0 Å². The van der Waals surface area contributed by atoms with Crippen LogP contribution in [0.3, 0.4) is 0 Å². The molecule has 0 amide bonds. The lowest BCUT2D eigenvalue weighted by Gasteiger charge is -2.12. The van der Waals surface area contributed by atoms with E-state index in [1.165, 1.54) is 0 Å². The number of nitrogens with one attached hydrogen (secondary N) is 1. The lowest BCUT2D eigenvalue weighted by atomic mass is 10.1. The summed E-state index contributed by atoms with van der Waals surface area (Å²) in [5, 5.41) is 2.85. The van der Waals surface area contributed by atoms with Crippen molar-refractivity contribution in [1.82, 2.24) is 9.97 Å². The topological polar surface area (TPSA) is 37.8 Å². The van der Waals surface area contributed by atoms with Crippen molar-refractivity contribution in [3.05, 3.63) is 17.6 Å². The normalized spacial score (nSPS) is 11.9. The Morgan fingerprint density at radius 1 is 1.29 bits per heavy atom. The predicted octanol–water partition coefficient (Wildman–Crippen LogP) is 3.44. The van der Waals surface area contributed by atoms with Gasteiger partial charge >= 0.3 is 6.18 Å². The van der Waals surface area contributed by atoms with E-state index in [9.17, 15) is 13.2 Å². The summed E-state index contributed by atoms with van der Waals surface area (Å²) in [5.74, 6) is -0.915. The molecule has 0 aromatic carbocycles. The summed E-state index contributed by atoms with van der Waals surface area (Å²) in [7, 11) is 0. The molecule has 96 valence electrons. The fourth-order valence-electron chi connectivity index (χ4n) is 1.23. The van der Waals surface area contributed by atoms with Crippen LogP contribution in [0.25, 0.3) is 0 Å². The zero-order valence-corrected chi connectivity index (χ0v) is 10.1. The summed E-state index contributed by atoms with van der Waals surface area (Å²) in [6.07, 6.45) is -3.68. The second-order valence-corrected chi connectivity index (χ2v) is 4.08. The van der Waals surface area contributed by atoms with Gasteiger partial charge in [0.05, 0.1) is 0 Å². The molecule has 0 spiro atoms. The van der Waals surface area contributed by atoms with Crippen LogP contribution >= 0.6 is 0 Å². The molecule has 1 heterocycles. The van der Waals surface area contributed by atoms with Crippen LogP contribution < -0.4 is 5.32 Å². The molecule has 0 unspecified atom stereocenters. The van der Waals surface area contributed by atoms with Crippen molar-refractivity contribution < 1.29 is 13.2 Å². The van der Waals surface area contributed by atoms with E-state index in [0.717, 1.165) is 6.42 Å². The molecule has 0 aliphatic carbocycles. The van der Waals surface area contributed by atoms with Crippen molar-refractivity contribution >= 4 is 5.82 Å². The molecule has 0 bridgehead atoms. The summed E-state index contributed by atoms with van der Waals surface area (Å²) in [5.41, 5.74) is 0.394. The van der Waals surface area contributed by atoms with Crippen LogP contribution in [0, 0.1) is 0 Å². The maximum atomic E-state index is 12.6. The van der Waals surface area contributed by atoms with Gasteiger partial charge in [-0.25, -0.2) is 9.97 Å². The highest BCUT2D eigenvalue weighted by atomic mass is 19.4. The number of nitrogens with zero attached hydrogens (tertiary/aromatic N) is 2. The predicted molar refractivity (Wildman–Crippen MR) is 59.9 cm³/mol. The van der Waals surface area contributed by atoms with Gasteiger partial charge in [0.1, 0.15) is 5.82 Å². The van der Waals surface area contributed by atoms with Gasteiger partial charge in [-0.05, 0) is 12.3 Å². The Morgan fingerprint density at radius 2 is 1.94 bits per heavy atom. The highest BCUT2D eigenvalue weighted by Crippen LogP contribution is 2.28. The SMILES string of the molecule is CCCNc1cc(C(C)C)nc(C(F)(F)F)n1. The minimum atomic E-state index is -4.51. The van der Waals surface area contributed by atoms with Crippen LogP contribution in [0.15, 0.2) is 6.07 Å². The second kappa shape index (κ2) is 5.33. The number of hydrogen-bond acceptors (Lipinski definition) is 3. The van der Waals surface area contributed by atoms with Gasteiger partial charge in [-0.15, -0.1) is 0 Å². The fourth-order valence-corrected chi connectivity index (χ4v) is 1.23. The Kier molecular flexibility index (Phi) is 4.31. The van der Waals surface area contributed by atoms with Crippen LogP contribution in [0.5, 0.6) is 0 Å². The van der Waals surface area contributed by atoms with Crippen LogP contribution in [0.1, 0.15) is 44.6 Å². The standard InChI is InChI=1S/C11H16F3N3/c1-4-5-15-9-6-8(7(2)3)16-10(17-9)11(12,13)14/h6-7H,4-5H2,1-3H3,(H,15,16,17). The lowest BCUT2D eigenvalue weighted by Crippen LogP contribution is -2.15. The Morgan fingerprint density at radius 3 is 2.41 bits per heavy atom. The van der Waals surface area contributed by atoms with Gasteiger partial charge in [0.15, 0.2) is 0 Å². The second-order valence-electron chi connectivity index (χ2n) is 4.08. The Hall–Kier alpha value is -1.33. The number of anilines is 1. The Balaban J connectivity index is 3.10. The first kappa shape index (κ1) is 13.7. The minimum absolute atomic E-state index is 0.0683. The van der Waals surface area contributed by atoms with Gasteiger partial charge in [-0.2, -0.15) is 13.2 Å². The van der Waals surface area contributed by atoms with E-state index in [1.54, 1.807) is 19.9 Å². The molecule has 1 aromatic rings. The number of rotatable bonds is 4. The van der Waals surface area contributed by atoms with Crippen molar-refractivity contribution in [2.75, 3.05) is 11.9 Å². The molecule has 3 nitrogen and oxygen atoms in total. The van der Waals surface area contributed by atoms with Gasteiger partial charge in [0.25, 0.3) is 0 Å². The maximum Gasteiger partial charge on any atom is 0.451 e. The molecular formula is C11H16F3N3. The van der Waals surface area contributed by atoms with Crippen LogP contribution in [0.2, 0.25) is 0 Å². The molecular weight excluding hydrogens is 231 g/mol. The fraction of sp³-hybridized carbons (Fsp3) is 0.636. The molecule has 1 N–H and O–H groups in total. The Labute approximate surface area is 98.5 Å². The first-order valence-corrected chi connectivity index (χ1v) is 5.54.